The Labute approximate surface area is 133 Å². The van der Waals surface area contributed by atoms with E-state index in [0.717, 1.165) is 21.9 Å². The molecule has 0 fully saturated rings. The van der Waals surface area contributed by atoms with Crippen LogP contribution in [-0.4, -0.2) is 0 Å². The lowest BCUT2D eigenvalue weighted by molar-refractivity contribution is 0.948. The van der Waals surface area contributed by atoms with E-state index >= 15 is 0 Å². The van der Waals surface area contributed by atoms with E-state index in [1.54, 1.807) is 11.3 Å². The van der Waals surface area contributed by atoms with E-state index in [9.17, 15) is 0 Å². The van der Waals surface area contributed by atoms with Crippen LogP contribution < -0.4 is 0 Å². The van der Waals surface area contributed by atoms with Gasteiger partial charge in [-0.15, -0.1) is 22.9 Å². The second-order valence-corrected chi connectivity index (χ2v) is 6.72. The highest BCUT2D eigenvalue weighted by Crippen LogP contribution is 2.38. The number of aryl methyl sites for hydroxylation is 1. The quantitative estimate of drug-likeness (QED) is 0.491. The molecule has 1 unspecified atom stereocenters. The molecule has 0 bridgehead atoms. The lowest BCUT2D eigenvalue weighted by Crippen LogP contribution is -1.95. The third-order valence-corrected chi connectivity index (χ3v) is 5.82. The first-order chi connectivity index (χ1) is 9.66. The number of benzene rings is 2. The number of rotatable bonds is 3. The summed E-state index contributed by atoms with van der Waals surface area (Å²) in [6, 6.07) is 14.8. The molecule has 20 heavy (non-hydrogen) atoms. The zero-order valence-electron chi connectivity index (χ0n) is 11.1. The maximum atomic E-state index is 6.59. The van der Waals surface area contributed by atoms with Gasteiger partial charge in [0.25, 0.3) is 0 Å². The molecule has 0 saturated carbocycles. The molecular formula is C17H14Cl2S. The van der Waals surface area contributed by atoms with Gasteiger partial charge in [0.05, 0.1) is 10.4 Å². The average Bonchev–Trinajstić information content (AvgIpc) is 2.79. The summed E-state index contributed by atoms with van der Waals surface area (Å²) in [6.07, 6.45) is 0.794. The van der Waals surface area contributed by atoms with Gasteiger partial charge in [-0.3, -0.25) is 0 Å². The van der Waals surface area contributed by atoms with Crippen LogP contribution in [0.5, 0.6) is 0 Å². The van der Waals surface area contributed by atoms with E-state index in [1.807, 2.05) is 6.92 Å². The van der Waals surface area contributed by atoms with Gasteiger partial charge in [-0.2, -0.15) is 0 Å². The Balaban J connectivity index is 1.95. The van der Waals surface area contributed by atoms with E-state index in [0.29, 0.717) is 0 Å². The van der Waals surface area contributed by atoms with E-state index < -0.39 is 0 Å². The standard InChI is InChI=1S/C17H14Cl2S/c1-11-10-20-17(16(11)19)15(18)9-13-7-4-6-12-5-2-3-8-14(12)13/h2-8,10,15H,9H2,1H3. The molecule has 1 atom stereocenters. The summed E-state index contributed by atoms with van der Waals surface area (Å²) in [6.45, 7) is 2.02. The summed E-state index contributed by atoms with van der Waals surface area (Å²) in [7, 11) is 0. The van der Waals surface area contributed by atoms with Crippen LogP contribution in [0.2, 0.25) is 5.02 Å². The van der Waals surface area contributed by atoms with E-state index in [2.05, 4.69) is 47.8 Å². The fourth-order valence-corrected chi connectivity index (χ4v) is 4.20. The zero-order chi connectivity index (χ0) is 14.1. The first kappa shape index (κ1) is 13.9. The van der Waals surface area contributed by atoms with Gasteiger partial charge in [-0.1, -0.05) is 54.1 Å². The molecule has 102 valence electrons. The van der Waals surface area contributed by atoms with Crippen LogP contribution in [0, 0.1) is 6.92 Å². The van der Waals surface area contributed by atoms with Crippen molar-refractivity contribution in [2.45, 2.75) is 18.7 Å². The van der Waals surface area contributed by atoms with Crippen molar-refractivity contribution in [2.24, 2.45) is 0 Å². The largest absolute Gasteiger partial charge is 0.145 e. The Bertz CT molecular complexity index is 740. The van der Waals surface area contributed by atoms with Gasteiger partial charge in [0.2, 0.25) is 0 Å². The van der Waals surface area contributed by atoms with E-state index in [4.69, 9.17) is 23.2 Å². The average molecular weight is 321 g/mol. The molecule has 3 aromatic rings. The minimum atomic E-state index is -0.0768. The Kier molecular flexibility index (Phi) is 4.02. The maximum absolute atomic E-state index is 6.59. The molecule has 0 nitrogen and oxygen atoms in total. The summed E-state index contributed by atoms with van der Waals surface area (Å²) in [5.41, 5.74) is 2.38. The summed E-state index contributed by atoms with van der Waals surface area (Å²) < 4.78 is 0. The van der Waals surface area contributed by atoms with Crippen molar-refractivity contribution in [3.05, 3.63) is 68.9 Å². The SMILES string of the molecule is Cc1csc(C(Cl)Cc2cccc3ccccc23)c1Cl. The molecule has 0 N–H and O–H groups in total. The molecule has 0 amide bonds. The van der Waals surface area contributed by atoms with Gasteiger partial charge < -0.3 is 0 Å². The van der Waals surface area contributed by atoms with Crippen LogP contribution in [0.15, 0.2) is 47.8 Å². The predicted molar refractivity (Wildman–Crippen MR) is 90.3 cm³/mol. The second-order valence-electron chi connectivity index (χ2n) is 4.91. The molecule has 1 heterocycles. The third-order valence-electron chi connectivity index (χ3n) is 3.49. The molecule has 1 aromatic heterocycles. The summed E-state index contributed by atoms with van der Waals surface area (Å²) >= 11 is 14.5. The molecule has 0 saturated heterocycles. The fraction of sp³-hybridized carbons (Fsp3) is 0.176. The zero-order valence-corrected chi connectivity index (χ0v) is 13.4. The monoisotopic (exact) mass is 320 g/mol. The molecule has 0 radical (unpaired) electrons. The molecular weight excluding hydrogens is 307 g/mol. The van der Waals surface area contributed by atoms with Crippen LogP contribution in [0.3, 0.4) is 0 Å². The van der Waals surface area contributed by atoms with Gasteiger partial charge in [-0.05, 0) is 40.6 Å². The first-order valence-corrected chi connectivity index (χ1v) is 8.20. The van der Waals surface area contributed by atoms with Gasteiger partial charge in [0.15, 0.2) is 0 Å². The normalized spacial score (nSPS) is 12.8. The van der Waals surface area contributed by atoms with Crippen LogP contribution in [0.25, 0.3) is 10.8 Å². The van der Waals surface area contributed by atoms with Crippen molar-refractivity contribution in [1.82, 2.24) is 0 Å². The minimum absolute atomic E-state index is 0.0768. The van der Waals surface area contributed by atoms with Gasteiger partial charge in [0.1, 0.15) is 0 Å². The van der Waals surface area contributed by atoms with Crippen molar-refractivity contribution in [3.8, 4) is 0 Å². The van der Waals surface area contributed by atoms with Crippen molar-refractivity contribution in [3.63, 3.8) is 0 Å². The predicted octanol–water partition coefficient (Wildman–Crippen LogP) is 6.39. The highest BCUT2D eigenvalue weighted by atomic mass is 35.5. The van der Waals surface area contributed by atoms with Gasteiger partial charge in [0, 0.05) is 4.88 Å². The van der Waals surface area contributed by atoms with Gasteiger partial charge >= 0.3 is 0 Å². The molecule has 2 aromatic carbocycles. The van der Waals surface area contributed by atoms with Crippen molar-refractivity contribution >= 4 is 45.3 Å². The molecule has 0 spiro atoms. The number of alkyl halides is 1. The van der Waals surface area contributed by atoms with Gasteiger partial charge in [-0.25, -0.2) is 0 Å². The number of halogens is 2. The van der Waals surface area contributed by atoms with E-state index in [-0.39, 0.29) is 5.38 Å². The van der Waals surface area contributed by atoms with Crippen LogP contribution in [0.1, 0.15) is 21.4 Å². The number of hydrogen-bond donors (Lipinski definition) is 0. The summed E-state index contributed by atoms with van der Waals surface area (Å²) in [5.74, 6) is 0. The maximum Gasteiger partial charge on any atom is 0.0734 e. The molecule has 3 rings (SSSR count). The van der Waals surface area contributed by atoms with E-state index in [1.165, 1.54) is 16.3 Å². The van der Waals surface area contributed by atoms with Crippen LogP contribution >= 0.6 is 34.5 Å². The second kappa shape index (κ2) is 5.77. The van der Waals surface area contributed by atoms with Crippen LogP contribution in [-0.2, 0) is 6.42 Å². The fourth-order valence-electron chi connectivity index (χ4n) is 2.42. The van der Waals surface area contributed by atoms with Crippen molar-refractivity contribution in [2.75, 3.05) is 0 Å². The topological polar surface area (TPSA) is 0 Å². The number of fused-ring (bicyclic) bond motifs is 1. The Hall–Kier alpha value is -1.02. The Morgan fingerprint density at radius 3 is 2.60 bits per heavy atom. The Morgan fingerprint density at radius 2 is 1.85 bits per heavy atom. The highest BCUT2D eigenvalue weighted by molar-refractivity contribution is 7.11. The smallest absolute Gasteiger partial charge is 0.0734 e. The van der Waals surface area contributed by atoms with Crippen LogP contribution in [0.4, 0.5) is 0 Å². The van der Waals surface area contributed by atoms with Crippen molar-refractivity contribution < 1.29 is 0 Å². The Morgan fingerprint density at radius 1 is 1.10 bits per heavy atom. The highest BCUT2D eigenvalue weighted by Gasteiger charge is 2.17. The summed E-state index contributed by atoms with van der Waals surface area (Å²) in [5, 5.41) is 5.32. The van der Waals surface area contributed by atoms with Crippen molar-refractivity contribution in [1.29, 1.82) is 0 Å². The molecule has 0 aliphatic rings. The molecule has 0 aliphatic heterocycles. The molecule has 3 heteroatoms. The molecule has 0 aliphatic carbocycles. The minimum Gasteiger partial charge on any atom is -0.145 e. The lowest BCUT2D eigenvalue weighted by Gasteiger charge is -2.11. The number of hydrogen-bond acceptors (Lipinski definition) is 1. The third kappa shape index (κ3) is 2.58. The summed E-state index contributed by atoms with van der Waals surface area (Å²) in [4.78, 5) is 1.07. The number of thiophene rings is 1. The first-order valence-electron chi connectivity index (χ1n) is 6.51. The lowest BCUT2D eigenvalue weighted by atomic mass is 10.0.